The number of amides is 1. The van der Waals surface area contributed by atoms with Crippen molar-refractivity contribution in [3.8, 4) is 5.75 Å². The molecule has 138 valence electrons. The summed E-state index contributed by atoms with van der Waals surface area (Å²) in [5.74, 6) is 1.29. The topological polar surface area (TPSA) is 38.3 Å². The average molecular weight is 398 g/mol. The van der Waals surface area contributed by atoms with E-state index in [4.69, 9.17) is 16.3 Å². The van der Waals surface area contributed by atoms with Crippen molar-refractivity contribution in [2.45, 2.75) is 23.7 Å². The summed E-state index contributed by atoms with van der Waals surface area (Å²) in [5.41, 5.74) is 1.95. The Labute approximate surface area is 168 Å². The number of anilines is 1. The minimum absolute atomic E-state index is 0.198. The largest absolute Gasteiger partial charge is 0.481 e. The highest BCUT2D eigenvalue weighted by atomic mass is 35.5. The zero-order valence-corrected chi connectivity index (χ0v) is 16.5. The van der Waals surface area contributed by atoms with Gasteiger partial charge in [-0.25, -0.2) is 0 Å². The normalized spacial score (nSPS) is 11.6. The highest BCUT2D eigenvalue weighted by Gasteiger charge is 2.14. The van der Waals surface area contributed by atoms with Gasteiger partial charge < -0.3 is 10.1 Å². The highest BCUT2D eigenvalue weighted by molar-refractivity contribution is 7.98. The molecule has 0 aliphatic rings. The van der Waals surface area contributed by atoms with Gasteiger partial charge in [0.1, 0.15) is 5.75 Å². The molecule has 3 aromatic carbocycles. The highest BCUT2D eigenvalue weighted by Crippen LogP contribution is 2.23. The summed E-state index contributed by atoms with van der Waals surface area (Å²) in [4.78, 5) is 13.6. The molecule has 1 N–H and O–H groups in total. The molecule has 0 unspecified atom stereocenters. The van der Waals surface area contributed by atoms with Crippen LogP contribution in [0, 0.1) is 0 Å². The molecule has 3 rings (SSSR count). The molecule has 3 nitrogen and oxygen atoms in total. The summed E-state index contributed by atoms with van der Waals surface area (Å²) in [6.07, 6.45) is -0.612. The molecule has 0 saturated carbocycles. The van der Waals surface area contributed by atoms with Gasteiger partial charge in [0.05, 0.1) is 0 Å². The Morgan fingerprint density at radius 2 is 1.67 bits per heavy atom. The lowest BCUT2D eigenvalue weighted by molar-refractivity contribution is -0.122. The number of carbonyl (C=O) groups excluding carboxylic acids is 1. The molecule has 0 spiro atoms. The first-order chi connectivity index (χ1) is 13.1. The van der Waals surface area contributed by atoms with E-state index in [1.807, 2.05) is 42.5 Å². The second-order valence-electron chi connectivity index (χ2n) is 6.00. The lowest BCUT2D eigenvalue weighted by Gasteiger charge is -2.15. The van der Waals surface area contributed by atoms with Crippen molar-refractivity contribution in [3.05, 3.63) is 89.4 Å². The SMILES string of the molecule is C[C@H](Oc1ccc(Cl)cc1)C(=O)Nc1ccc(CSc2ccccc2)cc1. The first kappa shape index (κ1) is 19.3. The minimum atomic E-state index is -0.612. The van der Waals surface area contributed by atoms with Gasteiger partial charge in [-0.05, 0) is 61.0 Å². The minimum Gasteiger partial charge on any atom is -0.481 e. The van der Waals surface area contributed by atoms with E-state index >= 15 is 0 Å². The average Bonchev–Trinajstić information content (AvgIpc) is 2.70. The number of benzene rings is 3. The fourth-order valence-electron chi connectivity index (χ4n) is 2.38. The van der Waals surface area contributed by atoms with E-state index in [-0.39, 0.29) is 5.91 Å². The maximum Gasteiger partial charge on any atom is 0.265 e. The summed E-state index contributed by atoms with van der Waals surface area (Å²) >= 11 is 7.64. The van der Waals surface area contributed by atoms with Gasteiger partial charge in [-0.3, -0.25) is 4.79 Å². The molecule has 5 heteroatoms. The standard InChI is InChI=1S/C22H20ClNO2S/c1-16(26-20-13-9-18(23)10-14-20)22(25)24-19-11-7-17(8-12-19)15-27-21-5-3-2-4-6-21/h2-14,16H,15H2,1H3,(H,24,25)/t16-/m0/s1. The Hall–Kier alpha value is -2.43. The van der Waals surface area contributed by atoms with Crippen LogP contribution in [0.3, 0.4) is 0 Å². The summed E-state index contributed by atoms with van der Waals surface area (Å²) in [5, 5.41) is 3.51. The number of ether oxygens (including phenoxy) is 1. The Balaban J connectivity index is 1.51. The van der Waals surface area contributed by atoms with Crippen molar-refractivity contribution < 1.29 is 9.53 Å². The Morgan fingerprint density at radius 3 is 2.33 bits per heavy atom. The Bertz CT molecular complexity index is 867. The van der Waals surface area contributed by atoms with E-state index in [2.05, 4.69) is 17.4 Å². The van der Waals surface area contributed by atoms with Gasteiger partial charge in [-0.1, -0.05) is 41.9 Å². The third kappa shape index (κ3) is 6.05. The molecule has 0 saturated heterocycles. The van der Waals surface area contributed by atoms with Gasteiger partial charge in [0.25, 0.3) is 5.91 Å². The summed E-state index contributed by atoms with van der Waals surface area (Å²) in [6.45, 7) is 1.72. The molecule has 1 atom stereocenters. The molecule has 0 radical (unpaired) electrons. The van der Waals surface area contributed by atoms with Gasteiger partial charge in [0, 0.05) is 21.4 Å². The third-order valence-electron chi connectivity index (χ3n) is 3.87. The predicted molar refractivity (Wildman–Crippen MR) is 113 cm³/mol. The molecule has 0 aliphatic heterocycles. The predicted octanol–water partition coefficient (Wildman–Crippen LogP) is 6.04. The molecular weight excluding hydrogens is 378 g/mol. The smallest absolute Gasteiger partial charge is 0.265 e. The first-order valence-corrected chi connectivity index (χ1v) is 9.96. The number of hydrogen-bond acceptors (Lipinski definition) is 3. The van der Waals surface area contributed by atoms with Crippen molar-refractivity contribution in [1.82, 2.24) is 0 Å². The Kier molecular flexibility index (Phi) is 6.80. The van der Waals surface area contributed by atoms with E-state index in [1.165, 1.54) is 10.5 Å². The van der Waals surface area contributed by atoms with Crippen LogP contribution in [0.1, 0.15) is 12.5 Å². The molecule has 0 heterocycles. The molecule has 3 aromatic rings. The summed E-state index contributed by atoms with van der Waals surface area (Å²) in [6, 6.07) is 25.1. The van der Waals surface area contributed by atoms with Crippen molar-refractivity contribution in [3.63, 3.8) is 0 Å². The van der Waals surface area contributed by atoms with Gasteiger partial charge in [0.2, 0.25) is 0 Å². The lowest BCUT2D eigenvalue weighted by Crippen LogP contribution is -2.30. The van der Waals surface area contributed by atoms with Crippen LogP contribution in [-0.2, 0) is 10.5 Å². The number of carbonyl (C=O) groups is 1. The monoisotopic (exact) mass is 397 g/mol. The van der Waals surface area contributed by atoms with E-state index in [9.17, 15) is 4.79 Å². The van der Waals surface area contributed by atoms with Crippen molar-refractivity contribution in [1.29, 1.82) is 0 Å². The second kappa shape index (κ2) is 9.49. The fourth-order valence-corrected chi connectivity index (χ4v) is 3.38. The van der Waals surface area contributed by atoms with Crippen molar-refractivity contribution in [2.75, 3.05) is 5.32 Å². The van der Waals surface area contributed by atoms with Crippen LogP contribution < -0.4 is 10.1 Å². The van der Waals surface area contributed by atoms with E-state index in [0.717, 1.165) is 11.4 Å². The lowest BCUT2D eigenvalue weighted by atomic mass is 10.2. The fraction of sp³-hybridized carbons (Fsp3) is 0.136. The molecule has 27 heavy (non-hydrogen) atoms. The van der Waals surface area contributed by atoms with Crippen LogP contribution >= 0.6 is 23.4 Å². The van der Waals surface area contributed by atoms with Crippen molar-refractivity contribution in [2.24, 2.45) is 0 Å². The summed E-state index contributed by atoms with van der Waals surface area (Å²) < 4.78 is 5.64. The maximum absolute atomic E-state index is 12.3. The van der Waals surface area contributed by atoms with Gasteiger partial charge in [-0.15, -0.1) is 11.8 Å². The van der Waals surface area contributed by atoms with E-state index in [1.54, 1.807) is 43.0 Å². The van der Waals surface area contributed by atoms with Crippen LogP contribution in [0.25, 0.3) is 0 Å². The van der Waals surface area contributed by atoms with Crippen LogP contribution in [0.4, 0.5) is 5.69 Å². The Morgan fingerprint density at radius 1 is 1.00 bits per heavy atom. The number of nitrogens with one attached hydrogen (secondary N) is 1. The van der Waals surface area contributed by atoms with E-state index in [0.29, 0.717) is 10.8 Å². The molecule has 1 amide bonds. The van der Waals surface area contributed by atoms with Crippen molar-refractivity contribution >= 4 is 35.0 Å². The quantitative estimate of drug-likeness (QED) is 0.494. The molecule has 0 aliphatic carbocycles. The van der Waals surface area contributed by atoms with Crippen LogP contribution in [0.15, 0.2) is 83.8 Å². The third-order valence-corrected chi connectivity index (χ3v) is 5.20. The molecule has 0 bridgehead atoms. The van der Waals surface area contributed by atoms with E-state index < -0.39 is 6.10 Å². The van der Waals surface area contributed by atoms with Crippen LogP contribution in [0.5, 0.6) is 5.75 Å². The van der Waals surface area contributed by atoms with Gasteiger partial charge in [-0.2, -0.15) is 0 Å². The maximum atomic E-state index is 12.3. The molecular formula is C22H20ClNO2S. The number of halogens is 1. The number of rotatable bonds is 7. The van der Waals surface area contributed by atoms with Crippen LogP contribution in [-0.4, -0.2) is 12.0 Å². The first-order valence-electron chi connectivity index (χ1n) is 8.60. The summed E-state index contributed by atoms with van der Waals surface area (Å²) in [7, 11) is 0. The zero-order chi connectivity index (χ0) is 19.1. The zero-order valence-electron chi connectivity index (χ0n) is 14.9. The van der Waals surface area contributed by atoms with Crippen LogP contribution in [0.2, 0.25) is 5.02 Å². The second-order valence-corrected chi connectivity index (χ2v) is 7.49. The number of thioether (sulfide) groups is 1. The van der Waals surface area contributed by atoms with Gasteiger partial charge >= 0.3 is 0 Å². The number of hydrogen-bond donors (Lipinski definition) is 1. The molecule has 0 aromatic heterocycles. The van der Waals surface area contributed by atoms with Gasteiger partial charge in [0.15, 0.2) is 6.10 Å². The molecule has 0 fully saturated rings.